The lowest BCUT2D eigenvalue weighted by molar-refractivity contribution is -0.134. The van der Waals surface area contributed by atoms with Crippen LogP contribution in [0.3, 0.4) is 0 Å². The summed E-state index contributed by atoms with van der Waals surface area (Å²) in [6.45, 7) is 10.3. The summed E-state index contributed by atoms with van der Waals surface area (Å²) < 4.78 is 33.0. The summed E-state index contributed by atoms with van der Waals surface area (Å²) in [6.07, 6.45) is 3.98. The topological polar surface area (TPSA) is 87.1 Å². The molecular weight excluding hydrogens is 552 g/mol. The average molecular weight is 592 g/mol. The van der Waals surface area contributed by atoms with Crippen LogP contribution in [0.25, 0.3) is 5.57 Å². The van der Waals surface area contributed by atoms with E-state index in [2.05, 4.69) is 49.9 Å². The first kappa shape index (κ1) is 33.2. The van der Waals surface area contributed by atoms with Crippen LogP contribution in [0.5, 0.6) is 5.75 Å². The SMILES string of the molecule is CC(C)(C)c1ccc(OCCCN2CCC(=C(c3ccc(F)cc3)c3ccc(F)cc3)CC2)cc1.O=C(O)C=CC(=O)O. The molecule has 43 heavy (non-hydrogen) atoms. The van der Waals surface area contributed by atoms with Gasteiger partial charge in [-0.3, -0.25) is 0 Å². The van der Waals surface area contributed by atoms with Gasteiger partial charge in [-0.2, -0.15) is 0 Å². The number of aliphatic carboxylic acids is 2. The van der Waals surface area contributed by atoms with Gasteiger partial charge >= 0.3 is 11.9 Å². The van der Waals surface area contributed by atoms with Crippen LogP contribution in [0.2, 0.25) is 0 Å². The zero-order valence-electron chi connectivity index (χ0n) is 24.9. The molecule has 0 atom stereocenters. The Hall–Kier alpha value is -4.30. The van der Waals surface area contributed by atoms with Crippen molar-refractivity contribution < 1.29 is 33.3 Å². The molecule has 0 saturated carbocycles. The standard InChI is InChI=1S/C31H35F2NO.C4H4O4/c1-31(2,3)26-9-15-29(16-10-26)35-22-4-19-34-20-17-25(18-21-34)30(23-5-11-27(32)12-6-23)24-7-13-28(33)14-8-24;5-3(6)1-2-4(7)8/h5-16H,4,17-22H2,1-3H3;1-2H,(H,5,6)(H,7,8). The van der Waals surface area contributed by atoms with Crippen LogP contribution >= 0.6 is 0 Å². The molecule has 0 aromatic heterocycles. The number of carboxylic acids is 2. The van der Waals surface area contributed by atoms with Gasteiger partial charge in [0.25, 0.3) is 0 Å². The average Bonchev–Trinajstić information content (AvgIpc) is 2.97. The number of carboxylic acid groups (broad SMARTS) is 2. The molecule has 8 heteroatoms. The third kappa shape index (κ3) is 11.1. The van der Waals surface area contributed by atoms with Crippen molar-refractivity contribution in [1.82, 2.24) is 4.90 Å². The fourth-order valence-electron chi connectivity index (χ4n) is 4.78. The number of likely N-dealkylation sites (tertiary alicyclic amines) is 1. The second kappa shape index (κ2) is 15.8. The van der Waals surface area contributed by atoms with Crippen molar-refractivity contribution in [3.8, 4) is 5.75 Å². The molecule has 0 spiro atoms. The highest BCUT2D eigenvalue weighted by atomic mass is 19.1. The minimum Gasteiger partial charge on any atom is -0.494 e. The van der Waals surface area contributed by atoms with Gasteiger partial charge in [0.05, 0.1) is 6.61 Å². The molecule has 1 aliphatic rings. The van der Waals surface area contributed by atoms with Crippen LogP contribution < -0.4 is 4.74 Å². The molecule has 1 fully saturated rings. The lowest BCUT2D eigenvalue weighted by Crippen LogP contribution is -2.32. The maximum absolute atomic E-state index is 13.5. The van der Waals surface area contributed by atoms with E-state index in [0.29, 0.717) is 18.8 Å². The Balaban J connectivity index is 0.000000557. The first-order chi connectivity index (χ1) is 20.4. The first-order valence-corrected chi connectivity index (χ1v) is 14.3. The van der Waals surface area contributed by atoms with Gasteiger partial charge < -0.3 is 19.8 Å². The van der Waals surface area contributed by atoms with Crippen LogP contribution in [0.15, 0.2) is 90.5 Å². The minimum atomic E-state index is -1.26. The zero-order chi connectivity index (χ0) is 31.4. The molecule has 0 bridgehead atoms. The minimum absolute atomic E-state index is 0.146. The van der Waals surface area contributed by atoms with E-state index < -0.39 is 11.9 Å². The van der Waals surface area contributed by atoms with Gasteiger partial charge in [0.1, 0.15) is 17.4 Å². The van der Waals surface area contributed by atoms with Crippen LogP contribution in [-0.2, 0) is 15.0 Å². The van der Waals surface area contributed by atoms with Crippen molar-refractivity contribution in [2.24, 2.45) is 0 Å². The molecule has 6 nitrogen and oxygen atoms in total. The van der Waals surface area contributed by atoms with E-state index >= 15 is 0 Å². The predicted octanol–water partition coefficient (Wildman–Crippen LogP) is 7.34. The van der Waals surface area contributed by atoms with Gasteiger partial charge in [-0.05, 0) is 83.3 Å². The molecule has 0 radical (unpaired) electrons. The van der Waals surface area contributed by atoms with E-state index in [9.17, 15) is 18.4 Å². The number of hydrogen-bond donors (Lipinski definition) is 2. The summed E-state index contributed by atoms with van der Waals surface area (Å²) in [4.78, 5) is 21.6. The van der Waals surface area contributed by atoms with Crippen molar-refractivity contribution >= 4 is 17.5 Å². The highest BCUT2D eigenvalue weighted by Gasteiger charge is 2.19. The molecule has 3 aromatic carbocycles. The Bertz CT molecular complexity index is 1330. The van der Waals surface area contributed by atoms with Gasteiger partial charge in [-0.25, -0.2) is 18.4 Å². The maximum Gasteiger partial charge on any atom is 0.328 e. The molecule has 1 saturated heterocycles. The number of halogens is 2. The van der Waals surface area contributed by atoms with Crippen molar-refractivity contribution in [2.45, 2.75) is 45.4 Å². The predicted molar refractivity (Wildman–Crippen MR) is 164 cm³/mol. The van der Waals surface area contributed by atoms with E-state index in [0.717, 1.165) is 61.3 Å². The monoisotopic (exact) mass is 591 g/mol. The number of benzene rings is 3. The molecular formula is C35H39F2NO5. The lowest BCUT2D eigenvalue weighted by Gasteiger charge is -2.30. The zero-order valence-corrected chi connectivity index (χ0v) is 24.9. The summed E-state index contributed by atoms with van der Waals surface area (Å²) in [5.74, 6) is -2.09. The van der Waals surface area contributed by atoms with Gasteiger partial charge in [-0.1, -0.05) is 62.7 Å². The second-order valence-electron chi connectivity index (χ2n) is 11.3. The van der Waals surface area contributed by atoms with Gasteiger partial charge in [-0.15, -0.1) is 0 Å². The Labute approximate surface area is 251 Å². The molecule has 2 N–H and O–H groups in total. The smallest absolute Gasteiger partial charge is 0.328 e. The van der Waals surface area contributed by atoms with Crippen LogP contribution in [0.4, 0.5) is 8.78 Å². The molecule has 1 heterocycles. The van der Waals surface area contributed by atoms with E-state index in [1.165, 1.54) is 35.4 Å². The Morgan fingerprint density at radius 3 is 1.67 bits per heavy atom. The van der Waals surface area contributed by atoms with E-state index in [1.807, 2.05) is 24.3 Å². The normalized spacial score (nSPS) is 13.7. The Morgan fingerprint density at radius 1 is 0.791 bits per heavy atom. The van der Waals surface area contributed by atoms with Crippen LogP contribution in [0, 0.1) is 11.6 Å². The largest absolute Gasteiger partial charge is 0.494 e. The van der Waals surface area contributed by atoms with E-state index in [4.69, 9.17) is 14.9 Å². The first-order valence-electron chi connectivity index (χ1n) is 14.3. The second-order valence-corrected chi connectivity index (χ2v) is 11.3. The van der Waals surface area contributed by atoms with E-state index in [1.54, 1.807) is 0 Å². The third-order valence-electron chi connectivity index (χ3n) is 7.06. The number of piperidine rings is 1. The number of hydrogen-bond acceptors (Lipinski definition) is 4. The Morgan fingerprint density at radius 2 is 1.26 bits per heavy atom. The summed E-state index contributed by atoms with van der Waals surface area (Å²) in [5.41, 5.74) is 5.86. The van der Waals surface area contributed by atoms with Crippen molar-refractivity contribution in [1.29, 1.82) is 0 Å². The Kier molecular flexibility index (Phi) is 12.2. The molecule has 0 aliphatic carbocycles. The van der Waals surface area contributed by atoms with Gasteiger partial charge in [0.2, 0.25) is 0 Å². The highest BCUT2D eigenvalue weighted by Crippen LogP contribution is 2.33. The van der Waals surface area contributed by atoms with Crippen molar-refractivity contribution in [3.05, 3.63) is 119 Å². The third-order valence-corrected chi connectivity index (χ3v) is 7.06. The molecule has 1 aliphatic heterocycles. The highest BCUT2D eigenvalue weighted by molar-refractivity contribution is 5.89. The summed E-state index contributed by atoms with van der Waals surface area (Å²) in [6, 6.07) is 21.7. The van der Waals surface area contributed by atoms with Crippen LogP contribution in [-0.4, -0.2) is 53.3 Å². The number of ether oxygens (including phenoxy) is 1. The molecule has 228 valence electrons. The number of rotatable bonds is 9. The fourth-order valence-corrected chi connectivity index (χ4v) is 4.78. The number of nitrogens with zero attached hydrogens (tertiary/aromatic N) is 1. The lowest BCUT2D eigenvalue weighted by atomic mass is 9.87. The van der Waals surface area contributed by atoms with E-state index in [-0.39, 0.29) is 17.0 Å². The van der Waals surface area contributed by atoms with Gasteiger partial charge in [0, 0.05) is 31.8 Å². The van der Waals surface area contributed by atoms with Crippen molar-refractivity contribution in [3.63, 3.8) is 0 Å². The summed E-state index contributed by atoms with van der Waals surface area (Å²) in [7, 11) is 0. The van der Waals surface area contributed by atoms with Crippen molar-refractivity contribution in [2.75, 3.05) is 26.2 Å². The number of carbonyl (C=O) groups is 2. The molecule has 4 rings (SSSR count). The fraction of sp³-hybridized carbons (Fsp3) is 0.314. The summed E-state index contributed by atoms with van der Waals surface area (Å²) in [5, 5.41) is 15.6. The molecule has 0 amide bonds. The van der Waals surface area contributed by atoms with Crippen LogP contribution in [0.1, 0.15) is 56.7 Å². The van der Waals surface area contributed by atoms with Gasteiger partial charge in [0.15, 0.2) is 0 Å². The maximum atomic E-state index is 13.5. The summed E-state index contributed by atoms with van der Waals surface area (Å²) >= 11 is 0. The molecule has 0 unspecified atom stereocenters. The quantitative estimate of drug-likeness (QED) is 0.200. The molecule has 3 aromatic rings.